The predicted octanol–water partition coefficient (Wildman–Crippen LogP) is 6.40. The Kier molecular flexibility index (Phi) is 4.89. The first kappa shape index (κ1) is 22.9. The normalized spacial score (nSPS) is 28.1. The highest BCUT2D eigenvalue weighted by molar-refractivity contribution is 6.24. The van der Waals surface area contributed by atoms with Crippen molar-refractivity contribution < 1.29 is 14.3 Å². The van der Waals surface area contributed by atoms with Crippen LogP contribution in [0.1, 0.15) is 37.3 Å². The largest absolute Gasteiger partial charge is 0.367 e. The molecule has 7 rings (SSSR count). The second-order valence-electron chi connectivity index (χ2n) is 10.9. The van der Waals surface area contributed by atoms with Crippen LogP contribution >= 0.6 is 0 Å². The van der Waals surface area contributed by atoms with Crippen molar-refractivity contribution in [2.75, 3.05) is 4.90 Å². The van der Waals surface area contributed by atoms with Crippen molar-refractivity contribution in [3.63, 3.8) is 0 Å². The van der Waals surface area contributed by atoms with E-state index in [1.165, 1.54) is 15.7 Å². The summed E-state index contributed by atoms with van der Waals surface area (Å²) in [6.07, 6.45) is 6.18. The molecule has 3 aliphatic rings. The van der Waals surface area contributed by atoms with Gasteiger partial charge in [-0.3, -0.25) is 9.59 Å². The van der Waals surface area contributed by atoms with E-state index < -0.39 is 23.0 Å². The monoisotopic (exact) mass is 498 g/mol. The first-order valence-corrected chi connectivity index (χ1v) is 13.1. The number of hydrogen-bond donors (Lipinski definition) is 0. The third-order valence-electron chi connectivity index (χ3n) is 8.86. The van der Waals surface area contributed by atoms with Crippen molar-refractivity contribution in [2.24, 2.45) is 11.8 Å². The van der Waals surface area contributed by atoms with Crippen molar-refractivity contribution in [3.05, 3.63) is 96.1 Å². The zero-order valence-corrected chi connectivity index (χ0v) is 21.1. The Morgan fingerprint density at radius 3 is 2.37 bits per heavy atom. The van der Waals surface area contributed by atoms with Gasteiger partial charge in [-0.25, -0.2) is 4.90 Å². The van der Waals surface area contributed by atoms with E-state index >= 15 is 0 Å². The number of carbonyl (C=O) groups is 2. The van der Waals surface area contributed by atoms with Crippen LogP contribution in [0.3, 0.4) is 0 Å². The fourth-order valence-electron chi connectivity index (χ4n) is 7.13. The number of nitrogens with zero attached hydrogens (tertiary/aromatic N) is 2. The lowest BCUT2D eigenvalue weighted by atomic mass is 9.67. The second kappa shape index (κ2) is 8.11. The summed E-state index contributed by atoms with van der Waals surface area (Å²) in [4.78, 5) is 29.2. The number of nitriles is 1. The number of rotatable bonds is 4. The molecule has 0 saturated carbocycles. The molecule has 3 fully saturated rings. The van der Waals surface area contributed by atoms with E-state index in [1.54, 1.807) is 6.07 Å². The minimum absolute atomic E-state index is 0.256. The van der Waals surface area contributed by atoms with Crippen molar-refractivity contribution in [1.82, 2.24) is 0 Å². The lowest BCUT2D eigenvalue weighted by Gasteiger charge is -2.30. The van der Waals surface area contributed by atoms with Crippen LogP contribution in [0.5, 0.6) is 0 Å². The van der Waals surface area contributed by atoms with Crippen LogP contribution in [0.25, 0.3) is 27.6 Å². The van der Waals surface area contributed by atoms with Gasteiger partial charge in [0.15, 0.2) is 0 Å². The van der Waals surface area contributed by atoms with Crippen molar-refractivity contribution in [2.45, 2.75) is 37.4 Å². The summed E-state index contributed by atoms with van der Waals surface area (Å²) in [5, 5.41) is 14.0. The molecular weight excluding hydrogens is 472 g/mol. The van der Waals surface area contributed by atoms with E-state index in [9.17, 15) is 14.9 Å². The summed E-state index contributed by atoms with van der Waals surface area (Å²) in [5.41, 5.74) is 0.419. The quantitative estimate of drug-likeness (QED) is 0.306. The Morgan fingerprint density at radius 2 is 1.58 bits per heavy atom. The van der Waals surface area contributed by atoms with Gasteiger partial charge < -0.3 is 4.74 Å². The van der Waals surface area contributed by atoms with Gasteiger partial charge in [0, 0.05) is 5.39 Å². The fourth-order valence-corrected chi connectivity index (χ4v) is 7.13. The smallest absolute Gasteiger partial charge is 0.240 e. The Hall–Kier alpha value is -4.27. The molecule has 4 unspecified atom stereocenters. The minimum Gasteiger partial charge on any atom is -0.367 e. The number of hydrogen-bond acceptors (Lipinski definition) is 4. The average molecular weight is 499 g/mol. The van der Waals surface area contributed by atoms with Gasteiger partial charge in [0.2, 0.25) is 11.8 Å². The van der Waals surface area contributed by atoms with E-state index in [-0.39, 0.29) is 11.8 Å². The van der Waals surface area contributed by atoms with Crippen LogP contribution in [-0.2, 0) is 14.3 Å². The van der Waals surface area contributed by atoms with Gasteiger partial charge >= 0.3 is 0 Å². The van der Waals surface area contributed by atoms with Crippen LogP contribution in [0.15, 0.2) is 84.9 Å². The maximum atomic E-state index is 14.0. The van der Waals surface area contributed by atoms with Crippen LogP contribution in [0, 0.1) is 23.2 Å². The Balaban J connectivity index is 1.26. The van der Waals surface area contributed by atoms with E-state index in [0.29, 0.717) is 17.7 Å². The van der Waals surface area contributed by atoms with Crippen molar-refractivity contribution >= 4 is 45.1 Å². The number of anilines is 1. The summed E-state index contributed by atoms with van der Waals surface area (Å²) in [5.74, 6) is -1.63. The predicted molar refractivity (Wildman–Crippen MR) is 147 cm³/mol. The molecule has 3 aliphatic heterocycles. The maximum absolute atomic E-state index is 14.0. The summed E-state index contributed by atoms with van der Waals surface area (Å²) in [7, 11) is 0. The molecular formula is C33H26N2O3. The van der Waals surface area contributed by atoms with E-state index in [4.69, 9.17) is 4.74 Å². The van der Waals surface area contributed by atoms with Crippen molar-refractivity contribution in [1.29, 1.82) is 5.26 Å². The number of benzene rings is 4. The molecule has 2 amide bonds. The first-order valence-electron chi connectivity index (χ1n) is 13.1. The summed E-state index contributed by atoms with van der Waals surface area (Å²) in [6, 6.07) is 27.9. The fraction of sp³-hybridized carbons (Fsp3) is 0.242. The van der Waals surface area contributed by atoms with Crippen LogP contribution in [0.4, 0.5) is 5.69 Å². The molecule has 0 N–H and O–H groups in total. The molecule has 0 aliphatic carbocycles. The van der Waals surface area contributed by atoms with Gasteiger partial charge in [0.25, 0.3) is 0 Å². The van der Waals surface area contributed by atoms with Crippen LogP contribution in [0.2, 0.25) is 0 Å². The zero-order valence-electron chi connectivity index (χ0n) is 21.1. The molecule has 186 valence electrons. The molecule has 0 spiro atoms. The van der Waals surface area contributed by atoms with Gasteiger partial charge in [-0.2, -0.15) is 5.26 Å². The third-order valence-corrected chi connectivity index (χ3v) is 8.86. The molecule has 3 heterocycles. The topological polar surface area (TPSA) is 70.4 Å². The number of amides is 2. The highest BCUT2D eigenvalue weighted by Gasteiger charge is 2.73. The van der Waals surface area contributed by atoms with Crippen LogP contribution in [-0.4, -0.2) is 23.0 Å². The molecule has 0 aromatic heterocycles. The Labute approximate surface area is 220 Å². The van der Waals surface area contributed by atoms with Gasteiger partial charge in [-0.15, -0.1) is 0 Å². The highest BCUT2D eigenvalue weighted by Crippen LogP contribution is 2.62. The molecule has 38 heavy (non-hydrogen) atoms. The van der Waals surface area contributed by atoms with E-state index in [0.717, 1.165) is 29.2 Å². The van der Waals surface area contributed by atoms with Gasteiger partial charge in [-0.1, -0.05) is 84.9 Å². The molecule has 4 atom stereocenters. The average Bonchev–Trinajstić information content (AvgIpc) is 3.52. The molecule has 4 aromatic carbocycles. The summed E-state index contributed by atoms with van der Waals surface area (Å²) < 4.78 is 6.61. The molecule has 0 radical (unpaired) electrons. The van der Waals surface area contributed by atoms with E-state index in [1.807, 2.05) is 55.5 Å². The van der Waals surface area contributed by atoms with Gasteiger partial charge in [0.1, 0.15) is 6.07 Å². The van der Waals surface area contributed by atoms with E-state index in [2.05, 4.69) is 42.5 Å². The molecule has 4 aromatic rings. The summed E-state index contributed by atoms with van der Waals surface area (Å²) in [6.45, 7) is 1.97. The molecule has 2 bridgehead atoms. The number of ether oxygens (including phenoxy) is 1. The zero-order chi connectivity index (χ0) is 26.1. The highest BCUT2D eigenvalue weighted by atomic mass is 16.5. The maximum Gasteiger partial charge on any atom is 0.240 e. The van der Waals surface area contributed by atoms with Gasteiger partial charge in [0.05, 0.1) is 34.3 Å². The van der Waals surface area contributed by atoms with Crippen molar-refractivity contribution in [3.8, 4) is 6.07 Å². The molecule has 5 nitrogen and oxygen atoms in total. The number of fused-ring (bicyclic) bond motifs is 7. The minimum atomic E-state index is -0.731. The number of imide groups is 1. The Bertz CT molecular complexity index is 1730. The lowest BCUT2D eigenvalue weighted by Crippen LogP contribution is -2.41. The SMILES string of the molecule is CC12CCC(C/C=C/c3cccc4ccccc34)(O1)C1C(=O)N(c3ccc4ccccc4c3C#N)C(=O)C12. The van der Waals surface area contributed by atoms with Gasteiger partial charge in [-0.05, 0) is 54.0 Å². The number of carbonyl (C=O) groups excluding carboxylic acids is 2. The third kappa shape index (κ3) is 3.07. The first-order chi connectivity index (χ1) is 18.5. The Morgan fingerprint density at radius 1 is 0.895 bits per heavy atom. The second-order valence-corrected chi connectivity index (χ2v) is 10.9. The molecule has 3 saturated heterocycles. The lowest BCUT2D eigenvalue weighted by molar-refractivity contribution is -0.130. The molecule has 5 heteroatoms. The van der Waals surface area contributed by atoms with Crippen LogP contribution < -0.4 is 4.90 Å². The summed E-state index contributed by atoms with van der Waals surface area (Å²) >= 11 is 0. The standard InChI is InChI=1S/C33H26N2O3/c1-32-18-19-33(38-32,17-7-12-22-11-6-10-21-8-2-4-13-24(21)22)29-28(32)30(36)35(31(29)37)27-16-15-23-9-3-5-14-25(23)26(27)20-34/h2-16,28-29H,17-19H2,1H3/b12-7+.